The molecule has 118 valence electrons. The van der Waals surface area contributed by atoms with E-state index in [0.717, 1.165) is 21.4 Å². The Morgan fingerprint density at radius 2 is 2.00 bits per heavy atom. The number of amides is 1. The molecular weight excluding hydrogens is 354 g/mol. The van der Waals surface area contributed by atoms with Gasteiger partial charge in [0.1, 0.15) is 11.3 Å². The van der Waals surface area contributed by atoms with Crippen LogP contribution in [-0.2, 0) is 6.42 Å². The summed E-state index contributed by atoms with van der Waals surface area (Å²) >= 11 is 3.45. The molecule has 0 bridgehead atoms. The number of aryl methyl sites for hydroxylation is 1. The number of carbonyl (C=O) groups is 1. The van der Waals surface area contributed by atoms with E-state index >= 15 is 0 Å². The van der Waals surface area contributed by atoms with Gasteiger partial charge in [0.25, 0.3) is 5.91 Å². The van der Waals surface area contributed by atoms with E-state index in [1.54, 1.807) is 0 Å². The normalized spacial score (nSPS) is 12.3. The molecule has 0 saturated carbocycles. The first-order chi connectivity index (χ1) is 11.1. The standard InChI is InChI=1S/C18H18BrN3O/c1-3-15-17(22-11-14(19)9-10-16(22)21-15)18(23)20-12(2)13-7-5-4-6-8-13/h4-12H,3H2,1-2H3,(H,20,23). The van der Waals surface area contributed by atoms with E-state index in [4.69, 9.17) is 0 Å². The summed E-state index contributed by atoms with van der Waals surface area (Å²) in [5, 5.41) is 3.07. The quantitative estimate of drug-likeness (QED) is 0.748. The van der Waals surface area contributed by atoms with Gasteiger partial charge in [0.05, 0.1) is 11.7 Å². The summed E-state index contributed by atoms with van der Waals surface area (Å²) in [4.78, 5) is 17.4. The SMILES string of the molecule is CCc1nc2ccc(Br)cn2c1C(=O)NC(C)c1ccccc1. The zero-order chi connectivity index (χ0) is 16.4. The largest absolute Gasteiger partial charge is 0.344 e. The second kappa shape index (κ2) is 6.54. The van der Waals surface area contributed by atoms with Gasteiger partial charge in [0, 0.05) is 10.7 Å². The highest BCUT2D eigenvalue weighted by Gasteiger charge is 2.20. The fourth-order valence-corrected chi connectivity index (χ4v) is 2.98. The summed E-state index contributed by atoms with van der Waals surface area (Å²) in [5.74, 6) is -0.108. The van der Waals surface area contributed by atoms with Crippen molar-refractivity contribution in [3.05, 3.63) is 70.1 Å². The Balaban J connectivity index is 1.95. The highest BCUT2D eigenvalue weighted by molar-refractivity contribution is 9.10. The number of imidazole rings is 1. The van der Waals surface area contributed by atoms with Gasteiger partial charge in [0.15, 0.2) is 0 Å². The zero-order valence-electron chi connectivity index (χ0n) is 13.1. The number of halogens is 1. The second-order valence-electron chi connectivity index (χ2n) is 5.44. The van der Waals surface area contributed by atoms with E-state index in [2.05, 4.69) is 26.2 Å². The molecule has 0 fully saturated rings. The third-order valence-corrected chi connectivity index (χ3v) is 4.32. The number of nitrogens with zero attached hydrogens (tertiary/aromatic N) is 2. The molecule has 0 saturated heterocycles. The molecule has 1 unspecified atom stereocenters. The average molecular weight is 372 g/mol. The van der Waals surface area contributed by atoms with Crippen LogP contribution in [0.4, 0.5) is 0 Å². The molecule has 0 aliphatic heterocycles. The molecule has 1 aromatic carbocycles. The smallest absolute Gasteiger partial charge is 0.270 e. The Morgan fingerprint density at radius 1 is 1.26 bits per heavy atom. The zero-order valence-corrected chi connectivity index (χ0v) is 14.7. The molecule has 5 heteroatoms. The minimum atomic E-state index is -0.108. The molecule has 4 nitrogen and oxygen atoms in total. The third kappa shape index (κ3) is 3.15. The second-order valence-corrected chi connectivity index (χ2v) is 6.36. The summed E-state index contributed by atoms with van der Waals surface area (Å²) < 4.78 is 2.76. The predicted molar refractivity (Wildman–Crippen MR) is 94.6 cm³/mol. The first kappa shape index (κ1) is 15.7. The highest BCUT2D eigenvalue weighted by Crippen LogP contribution is 2.19. The number of benzene rings is 1. The topological polar surface area (TPSA) is 46.4 Å². The number of fused-ring (bicyclic) bond motifs is 1. The molecule has 2 heterocycles. The molecule has 2 aromatic heterocycles. The van der Waals surface area contributed by atoms with Crippen molar-refractivity contribution in [2.45, 2.75) is 26.3 Å². The fraction of sp³-hybridized carbons (Fsp3) is 0.222. The van der Waals surface area contributed by atoms with Crippen LogP contribution in [0.15, 0.2) is 53.1 Å². The molecule has 0 spiro atoms. The average Bonchev–Trinajstić information content (AvgIpc) is 2.93. The van der Waals surface area contributed by atoms with E-state index in [0.29, 0.717) is 12.1 Å². The monoisotopic (exact) mass is 371 g/mol. The van der Waals surface area contributed by atoms with Gasteiger partial charge < -0.3 is 5.32 Å². The van der Waals surface area contributed by atoms with Crippen molar-refractivity contribution in [2.75, 3.05) is 0 Å². The van der Waals surface area contributed by atoms with Crippen molar-refractivity contribution < 1.29 is 4.79 Å². The van der Waals surface area contributed by atoms with Crippen LogP contribution in [-0.4, -0.2) is 15.3 Å². The Kier molecular flexibility index (Phi) is 4.48. The Hall–Kier alpha value is -2.14. The van der Waals surface area contributed by atoms with Crippen LogP contribution in [0.2, 0.25) is 0 Å². The number of carbonyl (C=O) groups excluding carboxylic acids is 1. The Bertz CT molecular complexity index is 842. The molecule has 0 radical (unpaired) electrons. The maximum Gasteiger partial charge on any atom is 0.270 e. The van der Waals surface area contributed by atoms with Crippen molar-refractivity contribution in [3.63, 3.8) is 0 Å². The number of aromatic nitrogens is 2. The Morgan fingerprint density at radius 3 is 2.70 bits per heavy atom. The van der Waals surface area contributed by atoms with E-state index in [1.165, 1.54) is 0 Å². The van der Waals surface area contributed by atoms with Crippen molar-refractivity contribution in [3.8, 4) is 0 Å². The molecule has 3 rings (SSSR count). The van der Waals surface area contributed by atoms with Crippen LogP contribution >= 0.6 is 15.9 Å². The van der Waals surface area contributed by atoms with Crippen molar-refractivity contribution in [1.29, 1.82) is 0 Å². The van der Waals surface area contributed by atoms with Crippen LogP contribution in [0.3, 0.4) is 0 Å². The van der Waals surface area contributed by atoms with Crippen molar-refractivity contribution in [1.82, 2.24) is 14.7 Å². The summed E-state index contributed by atoms with van der Waals surface area (Å²) in [5.41, 5.74) is 3.27. The van der Waals surface area contributed by atoms with Crippen molar-refractivity contribution >= 4 is 27.5 Å². The molecular formula is C18H18BrN3O. The summed E-state index contributed by atoms with van der Waals surface area (Å²) in [6.45, 7) is 3.99. The molecule has 1 atom stereocenters. The lowest BCUT2D eigenvalue weighted by Crippen LogP contribution is -2.28. The molecule has 23 heavy (non-hydrogen) atoms. The number of nitrogens with one attached hydrogen (secondary N) is 1. The molecule has 1 amide bonds. The number of rotatable bonds is 4. The minimum absolute atomic E-state index is 0.0638. The first-order valence-electron chi connectivity index (χ1n) is 7.62. The maximum atomic E-state index is 12.8. The summed E-state index contributed by atoms with van der Waals surface area (Å²) in [6.07, 6.45) is 2.59. The first-order valence-corrected chi connectivity index (χ1v) is 8.41. The number of hydrogen-bond donors (Lipinski definition) is 1. The lowest BCUT2D eigenvalue weighted by Gasteiger charge is -2.14. The summed E-state index contributed by atoms with van der Waals surface area (Å²) in [6, 6.07) is 13.7. The number of pyridine rings is 1. The van der Waals surface area contributed by atoms with Crippen LogP contribution in [0.1, 0.15) is 41.6 Å². The van der Waals surface area contributed by atoms with E-state index in [9.17, 15) is 4.79 Å². The van der Waals surface area contributed by atoms with Crippen LogP contribution in [0.25, 0.3) is 5.65 Å². The number of hydrogen-bond acceptors (Lipinski definition) is 2. The van der Waals surface area contributed by atoms with Gasteiger partial charge in [-0.2, -0.15) is 0 Å². The van der Waals surface area contributed by atoms with Crippen LogP contribution < -0.4 is 5.32 Å². The fourth-order valence-electron chi connectivity index (χ4n) is 2.64. The van der Waals surface area contributed by atoms with Gasteiger partial charge in [-0.15, -0.1) is 0 Å². The van der Waals surface area contributed by atoms with Gasteiger partial charge in [-0.25, -0.2) is 4.98 Å². The van der Waals surface area contributed by atoms with Gasteiger partial charge >= 0.3 is 0 Å². The van der Waals surface area contributed by atoms with Crippen molar-refractivity contribution in [2.24, 2.45) is 0 Å². The maximum absolute atomic E-state index is 12.8. The van der Waals surface area contributed by atoms with Gasteiger partial charge in [-0.3, -0.25) is 9.20 Å². The van der Waals surface area contributed by atoms with Crippen LogP contribution in [0.5, 0.6) is 0 Å². The van der Waals surface area contributed by atoms with Gasteiger partial charge in [0.2, 0.25) is 0 Å². The van der Waals surface area contributed by atoms with E-state index in [-0.39, 0.29) is 11.9 Å². The van der Waals surface area contributed by atoms with Gasteiger partial charge in [-0.05, 0) is 47.0 Å². The van der Waals surface area contributed by atoms with Gasteiger partial charge in [-0.1, -0.05) is 37.3 Å². The Labute approximate surface area is 143 Å². The van der Waals surface area contributed by atoms with E-state index < -0.39 is 0 Å². The highest BCUT2D eigenvalue weighted by atomic mass is 79.9. The molecule has 1 N–H and O–H groups in total. The molecule has 3 aromatic rings. The predicted octanol–water partition coefficient (Wildman–Crippen LogP) is 4.15. The lowest BCUT2D eigenvalue weighted by atomic mass is 10.1. The van der Waals surface area contributed by atoms with E-state index in [1.807, 2.05) is 66.9 Å². The third-order valence-electron chi connectivity index (χ3n) is 3.85. The lowest BCUT2D eigenvalue weighted by molar-refractivity contribution is 0.0933. The van der Waals surface area contributed by atoms with Crippen LogP contribution in [0, 0.1) is 0 Å². The minimum Gasteiger partial charge on any atom is -0.344 e. The summed E-state index contributed by atoms with van der Waals surface area (Å²) in [7, 11) is 0. The molecule has 0 aliphatic rings. The molecule has 0 aliphatic carbocycles.